The third kappa shape index (κ3) is 3.50. The van der Waals surface area contributed by atoms with E-state index in [0.717, 1.165) is 17.6 Å². The third-order valence-corrected chi connectivity index (χ3v) is 5.20. The highest BCUT2D eigenvalue weighted by atomic mass is 79.9. The van der Waals surface area contributed by atoms with Crippen LogP contribution in [0.4, 0.5) is 0 Å². The fourth-order valence-electron chi connectivity index (χ4n) is 2.50. The minimum Gasteiger partial charge on any atom is -0.329 e. The van der Waals surface area contributed by atoms with E-state index < -0.39 is 0 Å². The van der Waals surface area contributed by atoms with Crippen LogP contribution >= 0.6 is 27.7 Å². The second kappa shape index (κ2) is 5.95. The fraction of sp³-hybridized carbons (Fsp3) is 0.571. The molecule has 0 aromatic heterocycles. The van der Waals surface area contributed by atoms with Crippen molar-refractivity contribution in [3.8, 4) is 0 Å². The van der Waals surface area contributed by atoms with E-state index in [2.05, 4.69) is 70.7 Å². The van der Waals surface area contributed by atoms with E-state index in [0.29, 0.717) is 17.3 Å². The summed E-state index contributed by atoms with van der Waals surface area (Å²) in [6.07, 6.45) is 0. The van der Waals surface area contributed by atoms with Gasteiger partial charge in [0, 0.05) is 40.6 Å². The predicted octanol–water partition coefficient (Wildman–Crippen LogP) is 3.28. The summed E-state index contributed by atoms with van der Waals surface area (Å²) in [6.45, 7) is 7.56. The lowest BCUT2D eigenvalue weighted by atomic mass is 10.0. The molecule has 1 aromatic rings. The van der Waals surface area contributed by atoms with Gasteiger partial charge < -0.3 is 5.73 Å². The molecule has 1 aromatic carbocycles. The molecule has 1 aliphatic heterocycles. The zero-order valence-corrected chi connectivity index (χ0v) is 13.4. The number of nitrogens with zero attached hydrogens (tertiary/aromatic N) is 1. The van der Waals surface area contributed by atoms with Crippen LogP contribution in [0, 0.1) is 0 Å². The lowest BCUT2D eigenvalue weighted by Crippen LogP contribution is -2.46. The molecule has 4 heteroatoms. The second-order valence-corrected chi connectivity index (χ2v) is 8.10. The molecule has 0 aliphatic carbocycles. The quantitative estimate of drug-likeness (QED) is 0.923. The van der Waals surface area contributed by atoms with Gasteiger partial charge in [-0.25, -0.2) is 0 Å². The number of benzene rings is 1. The molecule has 1 unspecified atom stereocenters. The molecule has 1 heterocycles. The number of rotatable bonds is 3. The van der Waals surface area contributed by atoms with Gasteiger partial charge in [-0.1, -0.05) is 28.1 Å². The van der Waals surface area contributed by atoms with Crippen LogP contribution in [0.15, 0.2) is 28.7 Å². The molecule has 2 nitrogen and oxygen atoms in total. The van der Waals surface area contributed by atoms with Crippen molar-refractivity contribution in [3.63, 3.8) is 0 Å². The summed E-state index contributed by atoms with van der Waals surface area (Å²) in [6, 6.07) is 8.90. The van der Waals surface area contributed by atoms with Gasteiger partial charge >= 0.3 is 0 Å². The Labute approximate surface area is 122 Å². The molecule has 1 saturated heterocycles. The minimum absolute atomic E-state index is 0.334. The first-order valence-corrected chi connectivity index (χ1v) is 8.13. The van der Waals surface area contributed by atoms with E-state index >= 15 is 0 Å². The molecular weight excluding hydrogens is 308 g/mol. The molecule has 1 aliphatic rings. The Balaban J connectivity index is 2.15. The van der Waals surface area contributed by atoms with Gasteiger partial charge in [-0.05, 0) is 31.5 Å². The summed E-state index contributed by atoms with van der Waals surface area (Å²) in [7, 11) is 0. The Kier molecular flexibility index (Phi) is 4.75. The van der Waals surface area contributed by atoms with E-state index in [1.54, 1.807) is 0 Å². The Hall–Kier alpha value is -0.0300. The maximum Gasteiger partial charge on any atom is 0.0471 e. The molecule has 0 spiro atoms. The monoisotopic (exact) mass is 328 g/mol. The topological polar surface area (TPSA) is 29.3 Å². The summed E-state index contributed by atoms with van der Waals surface area (Å²) in [5, 5.41) is 0. The van der Waals surface area contributed by atoms with E-state index in [-0.39, 0.29) is 0 Å². The van der Waals surface area contributed by atoms with Crippen LogP contribution in [0.1, 0.15) is 25.5 Å². The highest BCUT2D eigenvalue weighted by Gasteiger charge is 2.31. The first-order chi connectivity index (χ1) is 8.52. The largest absolute Gasteiger partial charge is 0.329 e. The second-order valence-electron chi connectivity index (χ2n) is 5.38. The Morgan fingerprint density at radius 1 is 1.39 bits per heavy atom. The minimum atomic E-state index is 0.334. The number of nitrogens with two attached hydrogens (primary N) is 1. The molecule has 0 bridgehead atoms. The Bertz CT molecular complexity index is 391. The SMILES string of the molecule is CC1(C)CN(C(CN)c2ccc(Br)cc2)CCS1. The van der Waals surface area contributed by atoms with Gasteiger partial charge in [-0.3, -0.25) is 4.90 Å². The summed E-state index contributed by atoms with van der Waals surface area (Å²) < 4.78 is 1.46. The van der Waals surface area contributed by atoms with Gasteiger partial charge in [-0.15, -0.1) is 0 Å². The lowest BCUT2D eigenvalue weighted by Gasteiger charge is -2.41. The first-order valence-electron chi connectivity index (χ1n) is 6.35. The average Bonchev–Trinajstić information content (AvgIpc) is 2.31. The fourth-order valence-corrected chi connectivity index (χ4v) is 3.90. The van der Waals surface area contributed by atoms with Crippen molar-refractivity contribution in [2.45, 2.75) is 24.6 Å². The van der Waals surface area contributed by atoms with Gasteiger partial charge in [0.15, 0.2) is 0 Å². The molecule has 0 radical (unpaired) electrons. The van der Waals surface area contributed by atoms with Crippen LogP contribution in [0.25, 0.3) is 0 Å². The lowest BCUT2D eigenvalue weighted by molar-refractivity contribution is 0.192. The molecule has 2 rings (SSSR count). The van der Waals surface area contributed by atoms with Crippen molar-refractivity contribution in [3.05, 3.63) is 34.3 Å². The number of hydrogen-bond donors (Lipinski definition) is 1. The van der Waals surface area contributed by atoms with Crippen molar-refractivity contribution in [1.82, 2.24) is 4.90 Å². The highest BCUT2D eigenvalue weighted by molar-refractivity contribution is 9.10. The number of halogens is 1. The molecule has 0 amide bonds. The molecule has 1 atom stereocenters. The van der Waals surface area contributed by atoms with Gasteiger partial charge in [0.05, 0.1) is 0 Å². The third-order valence-electron chi connectivity index (χ3n) is 3.37. The predicted molar refractivity (Wildman–Crippen MR) is 84.0 cm³/mol. The van der Waals surface area contributed by atoms with Crippen LogP contribution in [0.2, 0.25) is 0 Å². The van der Waals surface area contributed by atoms with Gasteiger partial charge in [0.25, 0.3) is 0 Å². The smallest absolute Gasteiger partial charge is 0.0471 e. The normalized spacial score (nSPS) is 21.8. The molecular formula is C14H21BrN2S. The molecule has 2 N–H and O–H groups in total. The van der Waals surface area contributed by atoms with E-state index in [1.807, 2.05) is 0 Å². The van der Waals surface area contributed by atoms with Crippen molar-refractivity contribution < 1.29 is 0 Å². The van der Waals surface area contributed by atoms with E-state index in [4.69, 9.17) is 5.73 Å². The van der Waals surface area contributed by atoms with Gasteiger partial charge in [0.2, 0.25) is 0 Å². The number of thioether (sulfide) groups is 1. The zero-order valence-electron chi connectivity index (χ0n) is 11.0. The molecule has 100 valence electrons. The van der Waals surface area contributed by atoms with Crippen LogP contribution in [-0.4, -0.2) is 35.0 Å². The molecule has 0 saturated carbocycles. The Morgan fingerprint density at radius 2 is 2.06 bits per heavy atom. The molecule has 18 heavy (non-hydrogen) atoms. The summed E-state index contributed by atoms with van der Waals surface area (Å²) in [5.41, 5.74) is 7.32. The van der Waals surface area contributed by atoms with Crippen LogP contribution in [0.5, 0.6) is 0 Å². The van der Waals surface area contributed by atoms with Crippen LogP contribution in [-0.2, 0) is 0 Å². The first kappa shape index (κ1) is 14.4. The summed E-state index contributed by atoms with van der Waals surface area (Å²) in [5.74, 6) is 1.19. The maximum atomic E-state index is 6.00. The maximum absolute atomic E-state index is 6.00. The van der Waals surface area contributed by atoms with Crippen LogP contribution in [0.3, 0.4) is 0 Å². The van der Waals surface area contributed by atoms with Gasteiger partial charge in [0.1, 0.15) is 0 Å². The van der Waals surface area contributed by atoms with Crippen molar-refractivity contribution in [1.29, 1.82) is 0 Å². The van der Waals surface area contributed by atoms with Gasteiger partial charge in [-0.2, -0.15) is 11.8 Å². The average molecular weight is 329 g/mol. The molecule has 1 fully saturated rings. The van der Waals surface area contributed by atoms with Crippen molar-refractivity contribution in [2.75, 3.05) is 25.4 Å². The van der Waals surface area contributed by atoms with E-state index in [1.165, 1.54) is 11.3 Å². The Morgan fingerprint density at radius 3 is 2.61 bits per heavy atom. The van der Waals surface area contributed by atoms with Crippen LogP contribution < -0.4 is 5.73 Å². The highest BCUT2D eigenvalue weighted by Crippen LogP contribution is 2.33. The number of hydrogen-bond acceptors (Lipinski definition) is 3. The van der Waals surface area contributed by atoms with Crippen molar-refractivity contribution >= 4 is 27.7 Å². The van der Waals surface area contributed by atoms with Crippen molar-refractivity contribution in [2.24, 2.45) is 5.73 Å². The zero-order chi connectivity index (χ0) is 13.2. The summed E-state index contributed by atoms with van der Waals surface area (Å²) >= 11 is 5.54. The van der Waals surface area contributed by atoms with E-state index in [9.17, 15) is 0 Å². The standard InChI is InChI=1S/C14H21BrN2S/c1-14(2)10-17(7-8-18-14)13(9-16)11-3-5-12(15)6-4-11/h3-6,13H,7-10,16H2,1-2H3. The summed E-state index contributed by atoms with van der Waals surface area (Å²) in [4.78, 5) is 2.53.